The minimum absolute atomic E-state index is 0.161. The fourth-order valence-electron chi connectivity index (χ4n) is 1.64. The minimum atomic E-state index is -0.536. The summed E-state index contributed by atoms with van der Waals surface area (Å²) in [6.07, 6.45) is 3.22. The SMILES string of the molecule is COCC(O)CCNC(=O)/C=C/c1cccc(C)c1. The summed E-state index contributed by atoms with van der Waals surface area (Å²) >= 11 is 0. The zero-order valence-electron chi connectivity index (χ0n) is 11.4. The van der Waals surface area contributed by atoms with Gasteiger partial charge in [-0.25, -0.2) is 0 Å². The molecule has 0 bridgehead atoms. The summed E-state index contributed by atoms with van der Waals surface area (Å²) in [5.74, 6) is -0.161. The highest BCUT2D eigenvalue weighted by molar-refractivity contribution is 5.91. The highest BCUT2D eigenvalue weighted by Gasteiger charge is 2.03. The van der Waals surface area contributed by atoms with Crippen LogP contribution >= 0.6 is 0 Å². The molecule has 0 radical (unpaired) electrons. The number of aryl methyl sites for hydroxylation is 1. The van der Waals surface area contributed by atoms with Gasteiger partial charge in [0.05, 0.1) is 12.7 Å². The van der Waals surface area contributed by atoms with Crippen LogP contribution in [0.2, 0.25) is 0 Å². The molecule has 1 aromatic carbocycles. The van der Waals surface area contributed by atoms with Gasteiger partial charge in [-0.2, -0.15) is 0 Å². The maximum Gasteiger partial charge on any atom is 0.244 e. The van der Waals surface area contributed by atoms with Crippen LogP contribution in [0.4, 0.5) is 0 Å². The molecule has 1 unspecified atom stereocenters. The van der Waals surface area contributed by atoms with Gasteiger partial charge in [0, 0.05) is 19.7 Å². The number of carbonyl (C=O) groups excluding carboxylic acids is 1. The second-order valence-electron chi connectivity index (χ2n) is 4.44. The first-order valence-electron chi connectivity index (χ1n) is 6.31. The van der Waals surface area contributed by atoms with Gasteiger partial charge in [0.2, 0.25) is 5.91 Å². The van der Waals surface area contributed by atoms with E-state index in [0.717, 1.165) is 11.1 Å². The Morgan fingerprint density at radius 2 is 2.32 bits per heavy atom. The molecule has 0 aliphatic heterocycles. The quantitative estimate of drug-likeness (QED) is 0.733. The lowest BCUT2D eigenvalue weighted by Crippen LogP contribution is -2.27. The second kappa shape index (κ2) is 8.45. The topological polar surface area (TPSA) is 58.6 Å². The zero-order valence-corrected chi connectivity index (χ0v) is 11.4. The lowest BCUT2D eigenvalue weighted by atomic mass is 10.1. The molecule has 1 rings (SSSR count). The Morgan fingerprint density at radius 1 is 1.53 bits per heavy atom. The van der Waals surface area contributed by atoms with Crippen molar-refractivity contribution in [1.82, 2.24) is 5.32 Å². The van der Waals surface area contributed by atoms with Crippen LogP contribution < -0.4 is 5.32 Å². The van der Waals surface area contributed by atoms with Gasteiger partial charge >= 0.3 is 0 Å². The number of aliphatic hydroxyl groups is 1. The molecule has 2 N–H and O–H groups in total. The number of benzene rings is 1. The number of hydrogen-bond donors (Lipinski definition) is 2. The third-order valence-electron chi connectivity index (χ3n) is 2.61. The highest BCUT2D eigenvalue weighted by Crippen LogP contribution is 2.05. The van der Waals surface area contributed by atoms with Gasteiger partial charge in [0.25, 0.3) is 0 Å². The largest absolute Gasteiger partial charge is 0.391 e. The van der Waals surface area contributed by atoms with Gasteiger partial charge in [-0.1, -0.05) is 29.8 Å². The molecule has 0 aliphatic rings. The molecule has 0 saturated carbocycles. The van der Waals surface area contributed by atoms with Crippen molar-refractivity contribution in [2.24, 2.45) is 0 Å². The smallest absolute Gasteiger partial charge is 0.244 e. The summed E-state index contributed by atoms with van der Waals surface area (Å²) in [5, 5.41) is 12.1. The highest BCUT2D eigenvalue weighted by atomic mass is 16.5. The molecule has 104 valence electrons. The molecule has 1 amide bonds. The number of hydrogen-bond acceptors (Lipinski definition) is 3. The van der Waals surface area contributed by atoms with Gasteiger partial charge in [0.1, 0.15) is 0 Å². The summed E-state index contributed by atoms with van der Waals surface area (Å²) in [7, 11) is 1.53. The van der Waals surface area contributed by atoms with E-state index in [0.29, 0.717) is 13.0 Å². The van der Waals surface area contributed by atoms with Crippen molar-refractivity contribution in [2.75, 3.05) is 20.3 Å². The van der Waals surface area contributed by atoms with E-state index in [2.05, 4.69) is 5.32 Å². The Hall–Kier alpha value is -1.65. The normalized spacial score (nSPS) is 12.6. The molecule has 0 fully saturated rings. The maximum atomic E-state index is 11.5. The summed E-state index contributed by atoms with van der Waals surface area (Å²) in [5.41, 5.74) is 2.15. The first kappa shape index (κ1) is 15.4. The average molecular weight is 263 g/mol. The fraction of sp³-hybridized carbons (Fsp3) is 0.400. The van der Waals surface area contributed by atoms with Gasteiger partial charge < -0.3 is 15.2 Å². The van der Waals surface area contributed by atoms with E-state index in [-0.39, 0.29) is 12.5 Å². The van der Waals surface area contributed by atoms with Crippen molar-refractivity contribution in [1.29, 1.82) is 0 Å². The molecular weight excluding hydrogens is 242 g/mol. The van der Waals surface area contributed by atoms with E-state index in [1.807, 2.05) is 31.2 Å². The Morgan fingerprint density at radius 3 is 3.00 bits per heavy atom. The van der Waals surface area contributed by atoms with Gasteiger partial charge in [-0.3, -0.25) is 4.79 Å². The number of methoxy groups -OCH3 is 1. The third-order valence-corrected chi connectivity index (χ3v) is 2.61. The number of rotatable bonds is 7. The van der Waals surface area contributed by atoms with Crippen molar-refractivity contribution in [3.8, 4) is 0 Å². The van der Waals surface area contributed by atoms with Gasteiger partial charge in [0.15, 0.2) is 0 Å². The van der Waals surface area contributed by atoms with Crippen molar-refractivity contribution in [3.05, 3.63) is 41.5 Å². The fourth-order valence-corrected chi connectivity index (χ4v) is 1.64. The third kappa shape index (κ3) is 6.74. The Bertz CT molecular complexity index is 429. The standard InChI is InChI=1S/C15H21NO3/c1-12-4-3-5-13(10-12)6-7-15(18)16-9-8-14(17)11-19-2/h3-7,10,14,17H,8-9,11H2,1-2H3,(H,16,18)/b7-6+. The molecule has 0 aromatic heterocycles. The van der Waals surface area contributed by atoms with E-state index >= 15 is 0 Å². The van der Waals surface area contributed by atoms with Crippen molar-refractivity contribution in [2.45, 2.75) is 19.4 Å². The number of amides is 1. The molecule has 19 heavy (non-hydrogen) atoms. The summed E-state index contributed by atoms with van der Waals surface area (Å²) < 4.78 is 4.80. The lowest BCUT2D eigenvalue weighted by Gasteiger charge is -2.08. The zero-order chi connectivity index (χ0) is 14.1. The molecule has 0 saturated heterocycles. The van der Waals surface area contributed by atoms with E-state index in [1.54, 1.807) is 6.08 Å². The first-order chi connectivity index (χ1) is 9.11. The first-order valence-corrected chi connectivity index (χ1v) is 6.31. The molecule has 1 atom stereocenters. The number of aliphatic hydroxyl groups excluding tert-OH is 1. The van der Waals surface area contributed by atoms with Crippen LogP contribution in [0.3, 0.4) is 0 Å². The molecule has 0 aliphatic carbocycles. The van der Waals surface area contributed by atoms with Crippen LogP contribution in [0, 0.1) is 6.92 Å². The monoisotopic (exact) mass is 263 g/mol. The van der Waals surface area contributed by atoms with Crippen molar-refractivity contribution >= 4 is 12.0 Å². The summed E-state index contributed by atoms with van der Waals surface area (Å²) in [4.78, 5) is 11.5. The van der Waals surface area contributed by atoms with Crippen LogP contribution in [0.15, 0.2) is 30.3 Å². The summed E-state index contributed by atoms with van der Waals surface area (Å²) in [6, 6.07) is 7.91. The molecule has 0 heterocycles. The predicted molar refractivity (Wildman–Crippen MR) is 75.7 cm³/mol. The van der Waals surface area contributed by atoms with Crippen molar-refractivity contribution in [3.63, 3.8) is 0 Å². The van der Waals surface area contributed by atoms with E-state index in [9.17, 15) is 9.90 Å². The van der Waals surface area contributed by atoms with Crippen LogP contribution in [-0.4, -0.2) is 37.4 Å². The second-order valence-corrected chi connectivity index (χ2v) is 4.44. The molecular formula is C15H21NO3. The van der Waals surface area contributed by atoms with E-state index in [1.165, 1.54) is 13.2 Å². The lowest BCUT2D eigenvalue weighted by molar-refractivity contribution is -0.116. The van der Waals surface area contributed by atoms with Crippen LogP contribution in [0.5, 0.6) is 0 Å². The average Bonchev–Trinajstić information content (AvgIpc) is 2.37. The van der Waals surface area contributed by atoms with Crippen LogP contribution in [-0.2, 0) is 9.53 Å². The molecule has 4 nitrogen and oxygen atoms in total. The molecule has 4 heteroatoms. The predicted octanol–water partition coefficient (Wildman–Crippen LogP) is 1.52. The van der Waals surface area contributed by atoms with Gasteiger partial charge in [-0.15, -0.1) is 0 Å². The summed E-state index contributed by atoms with van der Waals surface area (Å²) in [6.45, 7) is 2.73. The number of ether oxygens (including phenoxy) is 1. The minimum Gasteiger partial charge on any atom is -0.391 e. The Labute approximate surface area is 114 Å². The Balaban J connectivity index is 2.31. The molecule has 1 aromatic rings. The van der Waals surface area contributed by atoms with E-state index < -0.39 is 6.10 Å². The molecule has 0 spiro atoms. The van der Waals surface area contributed by atoms with Gasteiger partial charge in [-0.05, 0) is 25.0 Å². The van der Waals surface area contributed by atoms with Crippen LogP contribution in [0.25, 0.3) is 6.08 Å². The van der Waals surface area contributed by atoms with E-state index in [4.69, 9.17) is 4.74 Å². The number of carbonyl (C=O) groups is 1. The maximum absolute atomic E-state index is 11.5. The Kier molecular flexibility index (Phi) is 6.85. The number of nitrogens with one attached hydrogen (secondary N) is 1. The van der Waals surface area contributed by atoms with Crippen LogP contribution in [0.1, 0.15) is 17.5 Å². The van der Waals surface area contributed by atoms with Crippen molar-refractivity contribution < 1.29 is 14.6 Å².